The summed E-state index contributed by atoms with van der Waals surface area (Å²) in [5.41, 5.74) is 0. The first-order valence-electron chi connectivity index (χ1n) is 5.91. The molecule has 2 rings (SSSR count). The van der Waals surface area contributed by atoms with Crippen LogP contribution in [0.15, 0.2) is 34.4 Å². The van der Waals surface area contributed by atoms with E-state index in [1.165, 1.54) is 5.01 Å². The summed E-state index contributed by atoms with van der Waals surface area (Å²) in [5, 5.41) is 6.74. The number of nitrogens with one attached hydrogen (secondary N) is 1. The second-order valence-corrected chi connectivity index (χ2v) is 5.29. The molecule has 0 amide bonds. The quantitative estimate of drug-likeness (QED) is 0.856. The Morgan fingerprint density at radius 3 is 3.00 bits per heavy atom. The largest absolute Gasteiger partial charge is 0.469 e. The maximum atomic E-state index is 5.33. The SMILES string of the molecule is CC(Cc1ccco1)NCC(C)c1nccs1. The van der Waals surface area contributed by atoms with Crippen LogP contribution < -0.4 is 5.32 Å². The van der Waals surface area contributed by atoms with Crippen molar-refractivity contribution >= 4 is 11.3 Å². The van der Waals surface area contributed by atoms with Crippen molar-refractivity contribution in [2.24, 2.45) is 0 Å². The molecule has 92 valence electrons. The van der Waals surface area contributed by atoms with Crippen molar-refractivity contribution in [3.8, 4) is 0 Å². The molecule has 0 aliphatic carbocycles. The number of thiazole rings is 1. The monoisotopic (exact) mass is 250 g/mol. The Bertz CT molecular complexity index is 411. The van der Waals surface area contributed by atoms with E-state index >= 15 is 0 Å². The van der Waals surface area contributed by atoms with Gasteiger partial charge in [-0.2, -0.15) is 0 Å². The Morgan fingerprint density at radius 2 is 2.35 bits per heavy atom. The average molecular weight is 250 g/mol. The minimum absolute atomic E-state index is 0.420. The van der Waals surface area contributed by atoms with E-state index in [9.17, 15) is 0 Å². The first-order chi connectivity index (χ1) is 8.25. The minimum atomic E-state index is 0.420. The molecule has 0 fully saturated rings. The molecule has 0 saturated heterocycles. The van der Waals surface area contributed by atoms with Gasteiger partial charge in [-0.3, -0.25) is 0 Å². The predicted octanol–water partition coefficient (Wildman–Crippen LogP) is 3.06. The molecule has 1 N–H and O–H groups in total. The van der Waals surface area contributed by atoms with Crippen molar-refractivity contribution in [2.45, 2.75) is 32.2 Å². The first-order valence-corrected chi connectivity index (χ1v) is 6.79. The van der Waals surface area contributed by atoms with Gasteiger partial charge in [-0.1, -0.05) is 6.92 Å². The lowest BCUT2D eigenvalue weighted by molar-refractivity contribution is 0.449. The lowest BCUT2D eigenvalue weighted by Crippen LogP contribution is -2.31. The summed E-state index contributed by atoms with van der Waals surface area (Å²) in [5.74, 6) is 1.50. The zero-order valence-corrected chi connectivity index (χ0v) is 11.0. The van der Waals surface area contributed by atoms with Crippen molar-refractivity contribution in [2.75, 3.05) is 6.54 Å². The summed E-state index contributed by atoms with van der Waals surface area (Å²) in [6, 6.07) is 4.37. The maximum Gasteiger partial charge on any atom is 0.105 e. The summed E-state index contributed by atoms with van der Waals surface area (Å²) in [7, 11) is 0. The van der Waals surface area contributed by atoms with Gasteiger partial charge in [-0.25, -0.2) is 4.98 Å². The van der Waals surface area contributed by atoms with Gasteiger partial charge in [-0.15, -0.1) is 11.3 Å². The van der Waals surface area contributed by atoms with Crippen LogP contribution in [0.3, 0.4) is 0 Å². The van der Waals surface area contributed by atoms with E-state index in [1.807, 2.05) is 23.7 Å². The van der Waals surface area contributed by atoms with Crippen molar-refractivity contribution in [3.05, 3.63) is 40.7 Å². The van der Waals surface area contributed by atoms with Crippen LogP contribution in [-0.4, -0.2) is 17.6 Å². The van der Waals surface area contributed by atoms with Gasteiger partial charge in [-0.05, 0) is 19.1 Å². The molecule has 0 radical (unpaired) electrons. The lowest BCUT2D eigenvalue weighted by atomic mass is 10.1. The zero-order chi connectivity index (χ0) is 12.1. The maximum absolute atomic E-state index is 5.33. The molecule has 0 aliphatic heterocycles. The number of furan rings is 1. The van der Waals surface area contributed by atoms with Crippen LogP contribution in [0.4, 0.5) is 0 Å². The van der Waals surface area contributed by atoms with E-state index < -0.39 is 0 Å². The molecule has 0 bridgehead atoms. The van der Waals surface area contributed by atoms with Gasteiger partial charge in [0.25, 0.3) is 0 Å². The highest BCUT2D eigenvalue weighted by Gasteiger charge is 2.10. The minimum Gasteiger partial charge on any atom is -0.469 e. The van der Waals surface area contributed by atoms with Crippen LogP contribution in [0.2, 0.25) is 0 Å². The molecular weight excluding hydrogens is 232 g/mol. The van der Waals surface area contributed by atoms with Crippen LogP contribution >= 0.6 is 11.3 Å². The highest BCUT2D eigenvalue weighted by atomic mass is 32.1. The van der Waals surface area contributed by atoms with E-state index in [-0.39, 0.29) is 0 Å². The molecule has 4 heteroatoms. The molecule has 0 aliphatic rings. The van der Waals surface area contributed by atoms with Gasteiger partial charge >= 0.3 is 0 Å². The van der Waals surface area contributed by atoms with Crippen LogP contribution in [0.25, 0.3) is 0 Å². The summed E-state index contributed by atoms with van der Waals surface area (Å²) in [6.45, 7) is 5.33. The van der Waals surface area contributed by atoms with Crippen molar-refractivity contribution in [3.63, 3.8) is 0 Å². The van der Waals surface area contributed by atoms with Gasteiger partial charge in [0.05, 0.1) is 11.3 Å². The molecule has 17 heavy (non-hydrogen) atoms. The Kier molecular flexibility index (Phi) is 4.34. The van der Waals surface area contributed by atoms with E-state index in [4.69, 9.17) is 4.42 Å². The molecule has 2 aromatic rings. The highest BCUT2D eigenvalue weighted by Crippen LogP contribution is 2.16. The number of hydrogen-bond donors (Lipinski definition) is 1. The van der Waals surface area contributed by atoms with Gasteiger partial charge in [0, 0.05) is 36.5 Å². The van der Waals surface area contributed by atoms with Crippen molar-refractivity contribution < 1.29 is 4.42 Å². The Morgan fingerprint density at radius 1 is 1.47 bits per heavy atom. The van der Waals surface area contributed by atoms with E-state index in [0.717, 1.165) is 18.7 Å². The molecule has 0 spiro atoms. The topological polar surface area (TPSA) is 38.1 Å². The fraction of sp³-hybridized carbons (Fsp3) is 0.462. The van der Waals surface area contributed by atoms with Gasteiger partial charge in [0.1, 0.15) is 5.76 Å². The smallest absolute Gasteiger partial charge is 0.105 e. The fourth-order valence-corrected chi connectivity index (χ4v) is 2.44. The third-order valence-corrected chi connectivity index (χ3v) is 3.74. The van der Waals surface area contributed by atoms with Crippen LogP contribution in [0.5, 0.6) is 0 Å². The Balaban J connectivity index is 1.74. The predicted molar refractivity (Wildman–Crippen MR) is 70.4 cm³/mol. The fourth-order valence-electron chi connectivity index (χ4n) is 1.75. The molecular formula is C13H18N2OS. The standard InChI is InChI=1S/C13H18N2OS/c1-10(13-14-5-7-17-13)9-15-11(2)8-12-4-3-6-16-12/h3-7,10-11,15H,8-9H2,1-2H3. The van der Waals surface area contributed by atoms with Gasteiger partial charge in [0.2, 0.25) is 0 Å². The van der Waals surface area contributed by atoms with E-state index in [1.54, 1.807) is 17.6 Å². The molecule has 2 heterocycles. The molecule has 3 nitrogen and oxygen atoms in total. The summed E-state index contributed by atoms with van der Waals surface area (Å²) in [4.78, 5) is 4.33. The third kappa shape index (κ3) is 3.68. The second kappa shape index (κ2) is 5.98. The summed E-state index contributed by atoms with van der Waals surface area (Å²) in [6.07, 6.45) is 4.51. The number of rotatable bonds is 6. The highest BCUT2D eigenvalue weighted by molar-refractivity contribution is 7.09. The van der Waals surface area contributed by atoms with Crippen LogP contribution in [0, 0.1) is 0 Å². The molecule has 2 atom stereocenters. The Labute approximate surface area is 106 Å². The van der Waals surface area contributed by atoms with E-state index in [0.29, 0.717) is 12.0 Å². The summed E-state index contributed by atoms with van der Waals surface area (Å²) >= 11 is 1.72. The molecule has 2 unspecified atom stereocenters. The Hall–Kier alpha value is -1.13. The van der Waals surface area contributed by atoms with Crippen molar-refractivity contribution in [1.82, 2.24) is 10.3 Å². The normalized spacial score (nSPS) is 14.7. The van der Waals surface area contributed by atoms with Gasteiger partial charge < -0.3 is 9.73 Å². The number of aromatic nitrogens is 1. The number of nitrogens with zero attached hydrogens (tertiary/aromatic N) is 1. The lowest BCUT2D eigenvalue weighted by Gasteiger charge is -2.15. The first kappa shape index (κ1) is 12.3. The second-order valence-electron chi connectivity index (χ2n) is 4.36. The molecule has 0 saturated carbocycles. The molecule has 2 aromatic heterocycles. The van der Waals surface area contributed by atoms with Crippen LogP contribution in [0.1, 0.15) is 30.5 Å². The number of hydrogen-bond acceptors (Lipinski definition) is 4. The molecule has 0 aromatic carbocycles. The van der Waals surface area contributed by atoms with Crippen molar-refractivity contribution in [1.29, 1.82) is 0 Å². The van der Waals surface area contributed by atoms with E-state index in [2.05, 4.69) is 24.1 Å². The summed E-state index contributed by atoms with van der Waals surface area (Å²) < 4.78 is 5.33. The van der Waals surface area contributed by atoms with Gasteiger partial charge in [0.15, 0.2) is 0 Å². The zero-order valence-electron chi connectivity index (χ0n) is 10.2. The third-order valence-electron chi connectivity index (χ3n) is 2.73. The average Bonchev–Trinajstić information content (AvgIpc) is 2.97. The van der Waals surface area contributed by atoms with Crippen LogP contribution in [-0.2, 0) is 6.42 Å².